The summed E-state index contributed by atoms with van der Waals surface area (Å²) in [5.74, 6) is -0.339. The maximum atomic E-state index is 13.4. The molecule has 0 bridgehead atoms. The predicted octanol–water partition coefficient (Wildman–Crippen LogP) is 9.86. The molecule has 0 fully saturated rings. The molecule has 51 heavy (non-hydrogen) atoms. The first-order valence-corrected chi connectivity index (χ1v) is 17.9. The minimum Gasteiger partial charge on any atom is -0.493 e. The van der Waals surface area contributed by atoms with Gasteiger partial charge >= 0.3 is 6.36 Å². The van der Waals surface area contributed by atoms with Crippen LogP contribution in [0.5, 0.6) is 0 Å². The number of allylic oxidation sites excluding steroid dienone is 5. The third-order valence-electron chi connectivity index (χ3n) is 7.93. The molecule has 0 amide bonds. The van der Waals surface area contributed by atoms with E-state index in [2.05, 4.69) is 35.6 Å². The third kappa shape index (κ3) is 13.1. The van der Waals surface area contributed by atoms with Gasteiger partial charge in [-0.15, -0.1) is 24.5 Å². The van der Waals surface area contributed by atoms with Crippen LogP contribution in [0.25, 0.3) is 17.7 Å². The number of halogens is 3. The van der Waals surface area contributed by atoms with Crippen molar-refractivity contribution in [3.63, 3.8) is 0 Å². The third-order valence-corrected chi connectivity index (χ3v) is 8.95. The van der Waals surface area contributed by atoms with E-state index in [1.54, 1.807) is 42.5 Å². The highest BCUT2D eigenvalue weighted by molar-refractivity contribution is 7.13. The Balaban J connectivity index is 1.94. The van der Waals surface area contributed by atoms with Crippen LogP contribution in [-0.4, -0.2) is 48.7 Å². The summed E-state index contributed by atoms with van der Waals surface area (Å²) in [6.45, 7) is 7.07. The Morgan fingerprint density at radius 1 is 0.922 bits per heavy atom. The lowest BCUT2D eigenvalue weighted by molar-refractivity contribution is -0.303. The molecule has 0 spiro atoms. The van der Waals surface area contributed by atoms with Crippen LogP contribution in [0.15, 0.2) is 95.0 Å². The molecule has 0 aliphatic heterocycles. The van der Waals surface area contributed by atoms with E-state index >= 15 is 0 Å². The molecule has 1 aliphatic carbocycles. The highest BCUT2D eigenvalue weighted by Gasteiger charge is 2.36. The van der Waals surface area contributed by atoms with Gasteiger partial charge in [0, 0.05) is 33.5 Å². The molecule has 1 heterocycles. The molecule has 1 unspecified atom stereocenters. The highest BCUT2D eigenvalue weighted by atomic mass is 32.1. The Morgan fingerprint density at radius 3 is 2.18 bits per heavy atom. The van der Waals surface area contributed by atoms with Crippen molar-refractivity contribution in [2.75, 3.05) is 26.3 Å². The van der Waals surface area contributed by atoms with Crippen molar-refractivity contribution >= 4 is 29.1 Å². The number of alkyl halides is 3. The molecule has 268 valence electrons. The molecule has 0 saturated carbocycles. The number of ether oxygens (including phenoxy) is 2. The van der Waals surface area contributed by atoms with Crippen LogP contribution in [0.1, 0.15) is 74.1 Å². The first-order valence-electron chi connectivity index (χ1n) is 17.0. The van der Waals surface area contributed by atoms with E-state index < -0.39 is 23.3 Å². The van der Waals surface area contributed by atoms with Gasteiger partial charge in [0.2, 0.25) is 0 Å². The number of unbranched alkanes of at least 4 members (excludes halogenated alkanes) is 3. The summed E-state index contributed by atoms with van der Waals surface area (Å²) < 4.78 is 50.4. The van der Waals surface area contributed by atoms with Gasteiger partial charge in [-0.1, -0.05) is 75.2 Å². The summed E-state index contributed by atoms with van der Waals surface area (Å²) >= 11 is 1.43. The van der Waals surface area contributed by atoms with E-state index in [1.807, 2.05) is 24.3 Å². The summed E-state index contributed by atoms with van der Waals surface area (Å²) in [5.41, 5.74) is -0.169. The Bertz CT molecular complexity index is 1730. The van der Waals surface area contributed by atoms with Crippen molar-refractivity contribution in [2.24, 2.45) is 0 Å². The molecule has 0 saturated heterocycles. The molecule has 1 atom stereocenters. The quantitative estimate of drug-likeness (QED) is 0.0666. The maximum Gasteiger partial charge on any atom is 0.573 e. The molecule has 1 aromatic carbocycles. The second-order valence-corrected chi connectivity index (χ2v) is 12.8. The second kappa shape index (κ2) is 21.4. The summed E-state index contributed by atoms with van der Waals surface area (Å²) in [6.07, 6.45) is 13.1. The van der Waals surface area contributed by atoms with Crippen molar-refractivity contribution in [1.29, 1.82) is 15.8 Å². The van der Waals surface area contributed by atoms with Gasteiger partial charge in [0.05, 0.1) is 6.61 Å². The highest BCUT2D eigenvalue weighted by Crippen LogP contribution is 2.33. The number of nitriles is 3. The second-order valence-electron chi connectivity index (χ2n) is 11.7. The Hall–Kier alpha value is -4.86. The Kier molecular flexibility index (Phi) is 17.0. The topological polar surface area (TPSA) is 113 Å². The van der Waals surface area contributed by atoms with Crippen LogP contribution in [0.2, 0.25) is 0 Å². The zero-order chi connectivity index (χ0) is 37.1. The average Bonchev–Trinajstić information content (AvgIpc) is 3.59. The molecule has 2 aromatic rings. The molecule has 1 aromatic heterocycles. The van der Waals surface area contributed by atoms with Gasteiger partial charge in [0.15, 0.2) is 11.3 Å². The van der Waals surface area contributed by atoms with Gasteiger partial charge in [-0.3, -0.25) is 4.90 Å². The number of nitrogens with zero attached hydrogens (tertiary/aromatic N) is 4. The molecule has 7 nitrogen and oxygen atoms in total. The number of aliphatic hydroxyl groups excluding tert-OH is 1. The number of hydrogen-bond acceptors (Lipinski definition) is 8. The minimum atomic E-state index is -5.24. The molecule has 11 heteroatoms. The summed E-state index contributed by atoms with van der Waals surface area (Å²) in [7, 11) is 0. The minimum absolute atomic E-state index is 0.0489. The van der Waals surface area contributed by atoms with Gasteiger partial charge in [0.25, 0.3) is 0 Å². The predicted molar refractivity (Wildman–Crippen MR) is 195 cm³/mol. The fraction of sp³-hybridized carbons (Fsp3) is 0.375. The summed E-state index contributed by atoms with van der Waals surface area (Å²) in [4.78, 5) is 4.19. The van der Waals surface area contributed by atoms with Crippen LogP contribution in [0, 0.1) is 34.0 Å². The van der Waals surface area contributed by atoms with E-state index in [1.165, 1.54) is 29.6 Å². The van der Waals surface area contributed by atoms with Crippen molar-refractivity contribution in [3.8, 4) is 18.2 Å². The SMILES string of the molecule is CCCCN(CCCC)C1C=C(OCCCCO)C(/C=C/c2ccc(/C=C/C(=C(\C#N)C(OC(F)(F)F)=C(C#N)C#N)c3ccccc3)s2)=CC1. The van der Waals surface area contributed by atoms with Crippen molar-refractivity contribution in [1.82, 2.24) is 4.90 Å². The summed E-state index contributed by atoms with van der Waals surface area (Å²) in [5, 5.41) is 38.0. The Labute approximate surface area is 302 Å². The van der Waals surface area contributed by atoms with Crippen LogP contribution >= 0.6 is 11.3 Å². The number of aliphatic hydroxyl groups is 1. The molecular formula is C40H43F3N4O3S. The zero-order valence-corrected chi connectivity index (χ0v) is 29.8. The first-order chi connectivity index (χ1) is 24.7. The summed E-state index contributed by atoms with van der Waals surface area (Å²) in [6, 6.07) is 16.8. The van der Waals surface area contributed by atoms with Crippen LogP contribution in [-0.2, 0) is 9.47 Å². The molecule has 0 radical (unpaired) electrons. The molecule has 1 N–H and O–H groups in total. The maximum absolute atomic E-state index is 13.4. The monoisotopic (exact) mass is 716 g/mol. The number of rotatable bonds is 19. The van der Waals surface area contributed by atoms with Crippen LogP contribution in [0.4, 0.5) is 13.2 Å². The lowest BCUT2D eigenvalue weighted by Crippen LogP contribution is -2.36. The smallest absolute Gasteiger partial charge is 0.493 e. The molecular weight excluding hydrogens is 674 g/mol. The van der Waals surface area contributed by atoms with Crippen molar-refractivity contribution in [2.45, 2.75) is 71.2 Å². The number of hydrogen-bond donors (Lipinski definition) is 1. The fourth-order valence-electron chi connectivity index (χ4n) is 5.31. The Morgan fingerprint density at radius 2 is 1.59 bits per heavy atom. The van der Waals surface area contributed by atoms with Gasteiger partial charge in [-0.25, -0.2) is 0 Å². The average molecular weight is 717 g/mol. The van der Waals surface area contributed by atoms with Crippen molar-refractivity contribution in [3.05, 3.63) is 110 Å². The lowest BCUT2D eigenvalue weighted by atomic mass is 9.97. The first kappa shape index (κ1) is 40.6. The van der Waals surface area contributed by atoms with Gasteiger partial charge in [-0.05, 0) is 81.1 Å². The van der Waals surface area contributed by atoms with Gasteiger partial charge in [0.1, 0.15) is 29.5 Å². The van der Waals surface area contributed by atoms with Crippen LogP contribution < -0.4 is 0 Å². The van der Waals surface area contributed by atoms with E-state index in [0.717, 1.165) is 72.7 Å². The standard InChI is InChI=1S/C40H43F3N4O3S/c1-3-5-22-47(23-6-4-2)33-16-14-31(38(26-33)49-25-11-10-24-48)15-17-34-18-19-35(51-34)20-21-36(30-12-8-7-9-13-30)37(29-46)39(32(27-44)28-45)50-40(41,42)43/h7-9,12-15,17-21,26,33,48H,3-6,10-11,16,22-25H2,1-2H3/b17-15+,21-20+,37-36-. The largest absolute Gasteiger partial charge is 0.573 e. The van der Waals surface area contributed by atoms with Crippen LogP contribution in [0.3, 0.4) is 0 Å². The van der Waals surface area contributed by atoms with E-state index in [4.69, 9.17) is 4.74 Å². The fourth-order valence-corrected chi connectivity index (χ4v) is 6.13. The molecule has 3 rings (SSSR count). The lowest BCUT2D eigenvalue weighted by Gasteiger charge is -2.32. The zero-order valence-electron chi connectivity index (χ0n) is 29.0. The van der Waals surface area contributed by atoms with E-state index in [-0.39, 0.29) is 18.2 Å². The van der Waals surface area contributed by atoms with E-state index in [9.17, 15) is 34.1 Å². The van der Waals surface area contributed by atoms with Gasteiger partial charge in [-0.2, -0.15) is 15.8 Å². The number of benzene rings is 1. The number of thiophene rings is 1. The van der Waals surface area contributed by atoms with Gasteiger partial charge < -0.3 is 14.6 Å². The molecule has 1 aliphatic rings. The normalized spacial score (nSPS) is 15.1. The van der Waals surface area contributed by atoms with Crippen molar-refractivity contribution < 1.29 is 27.8 Å². The van der Waals surface area contributed by atoms with E-state index in [0.29, 0.717) is 18.6 Å².